The topological polar surface area (TPSA) is 0 Å². The summed E-state index contributed by atoms with van der Waals surface area (Å²) >= 11 is 0. The van der Waals surface area contributed by atoms with Gasteiger partial charge in [0.1, 0.15) is 0 Å². The zero-order valence-electron chi connectivity index (χ0n) is 11.4. The van der Waals surface area contributed by atoms with Gasteiger partial charge in [-0.1, -0.05) is 46.0 Å². The Morgan fingerprint density at radius 2 is 1.81 bits per heavy atom. The summed E-state index contributed by atoms with van der Waals surface area (Å²) in [5.41, 5.74) is 0.820. The summed E-state index contributed by atoms with van der Waals surface area (Å²) in [5, 5.41) is 0. The van der Waals surface area contributed by atoms with Gasteiger partial charge in [-0.15, -0.1) is 0 Å². The van der Waals surface area contributed by atoms with Gasteiger partial charge < -0.3 is 0 Å². The molecule has 2 saturated carbocycles. The summed E-state index contributed by atoms with van der Waals surface area (Å²) in [6.45, 7) is 4.69. The van der Waals surface area contributed by atoms with Gasteiger partial charge >= 0.3 is 0 Å². The van der Waals surface area contributed by atoms with Gasteiger partial charge in [0.15, 0.2) is 0 Å². The highest BCUT2D eigenvalue weighted by molar-refractivity contribution is 4.95. The molecule has 0 radical (unpaired) electrons. The minimum absolute atomic E-state index is 0.820. The van der Waals surface area contributed by atoms with E-state index in [9.17, 15) is 0 Å². The van der Waals surface area contributed by atoms with Crippen molar-refractivity contribution in [1.82, 2.24) is 0 Å². The van der Waals surface area contributed by atoms with Gasteiger partial charge in [-0.25, -0.2) is 0 Å². The predicted octanol–water partition coefficient (Wildman–Crippen LogP) is 5.56. The van der Waals surface area contributed by atoms with Crippen LogP contribution in [0.1, 0.15) is 84.5 Å². The molecule has 0 amide bonds. The molecule has 0 heteroatoms. The SMILES string of the molecule is CCCCCC1CCC2(CCC)CCC1C2. The predicted molar refractivity (Wildman–Crippen MR) is 71.5 cm³/mol. The molecule has 0 saturated heterocycles. The molecule has 0 N–H and O–H groups in total. The molecule has 0 aromatic rings. The van der Waals surface area contributed by atoms with E-state index >= 15 is 0 Å². The lowest BCUT2D eigenvalue weighted by Crippen LogP contribution is -2.26. The van der Waals surface area contributed by atoms with Crippen molar-refractivity contribution in [3.05, 3.63) is 0 Å². The van der Waals surface area contributed by atoms with Crippen LogP contribution in [0.2, 0.25) is 0 Å². The Hall–Kier alpha value is 0. The first-order valence-electron chi connectivity index (χ1n) is 7.79. The number of unbranched alkanes of at least 4 members (excludes halogenated alkanes) is 2. The average molecular weight is 222 g/mol. The molecule has 3 atom stereocenters. The van der Waals surface area contributed by atoms with E-state index < -0.39 is 0 Å². The van der Waals surface area contributed by atoms with Crippen LogP contribution in [0.25, 0.3) is 0 Å². The minimum atomic E-state index is 0.820. The van der Waals surface area contributed by atoms with Gasteiger partial charge in [-0.05, 0) is 55.8 Å². The highest BCUT2D eigenvalue weighted by Crippen LogP contribution is 2.56. The van der Waals surface area contributed by atoms with E-state index in [4.69, 9.17) is 0 Å². The molecule has 0 nitrogen and oxygen atoms in total. The molecule has 2 bridgehead atoms. The Labute approximate surface area is 102 Å². The molecule has 2 rings (SSSR count). The molecule has 0 aromatic carbocycles. The van der Waals surface area contributed by atoms with Gasteiger partial charge in [0, 0.05) is 0 Å². The number of hydrogen-bond donors (Lipinski definition) is 0. The lowest BCUT2D eigenvalue weighted by molar-refractivity contribution is 0.138. The summed E-state index contributed by atoms with van der Waals surface area (Å²) < 4.78 is 0. The van der Waals surface area contributed by atoms with Crippen LogP contribution in [0.4, 0.5) is 0 Å². The monoisotopic (exact) mass is 222 g/mol. The van der Waals surface area contributed by atoms with Crippen LogP contribution in [0.5, 0.6) is 0 Å². The molecule has 0 heterocycles. The highest BCUT2D eigenvalue weighted by atomic mass is 14.5. The molecule has 2 fully saturated rings. The van der Waals surface area contributed by atoms with Gasteiger partial charge in [-0.3, -0.25) is 0 Å². The van der Waals surface area contributed by atoms with E-state index in [-0.39, 0.29) is 0 Å². The number of hydrogen-bond acceptors (Lipinski definition) is 0. The molecule has 0 aromatic heterocycles. The first-order valence-corrected chi connectivity index (χ1v) is 7.79. The zero-order valence-corrected chi connectivity index (χ0v) is 11.4. The van der Waals surface area contributed by atoms with Crippen molar-refractivity contribution in [1.29, 1.82) is 0 Å². The summed E-state index contributed by atoms with van der Waals surface area (Å²) in [6, 6.07) is 0. The van der Waals surface area contributed by atoms with Crippen molar-refractivity contribution in [2.45, 2.75) is 84.5 Å². The van der Waals surface area contributed by atoms with Crippen LogP contribution in [0.15, 0.2) is 0 Å². The normalized spacial score (nSPS) is 37.9. The average Bonchev–Trinajstić information content (AvgIpc) is 2.62. The largest absolute Gasteiger partial charge is 0.0654 e. The van der Waals surface area contributed by atoms with Gasteiger partial charge in [0.05, 0.1) is 0 Å². The van der Waals surface area contributed by atoms with Crippen LogP contribution >= 0.6 is 0 Å². The lowest BCUT2D eigenvalue weighted by atomic mass is 9.68. The Morgan fingerprint density at radius 1 is 1.00 bits per heavy atom. The number of rotatable bonds is 6. The van der Waals surface area contributed by atoms with Crippen molar-refractivity contribution in [3.63, 3.8) is 0 Å². The summed E-state index contributed by atoms with van der Waals surface area (Å²) in [7, 11) is 0. The van der Waals surface area contributed by atoms with E-state index in [1.54, 1.807) is 38.5 Å². The van der Waals surface area contributed by atoms with Gasteiger partial charge in [-0.2, -0.15) is 0 Å². The third-order valence-corrected chi connectivity index (χ3v) is 5.41. The maximum Gasteiger partial charge on any atom is -0.0295 e. The third-order valence-electron chi connectivity index (χ3n) is 5.41. The molecule has 3 unspecified atom stereocenters. The van der Waals surface area contributed by atoms with Crippen LogP contribution in [-0.2, 0) is 0 Å². The fourth-order valence-corrected chi connectivity index (χ4v) is 4.53. The second-order valence-electron chi connectivity index (χ2n) is 6.55. The maximum absolute atomic E-state index is 2.37. The van der Waals surface area contributed by atoms with E-state index in [1.807, 2.05) is 0 Å². The van der Waals surface area contributed by atoms with E-state index in [0.717, 1.165) is 17.3 Å². The second-order valence-corrected chi connectivity index (χ2v) is 6.55. The van der Waals surface area contributed by atoms with Crippen LogP contribution < -0.4 is 0 Å². The Kier molecular flexibility index (Phi) is 4.33. The minimum Gasteiger partial charge on any atom is -0.0654 e. The van der Waals surface area contributed by atoms with Crippen molar-refractivity contribution in [3.8, 4) is 0 Å². The fourth-order valence-electron chi connectivity index (χ4n) is 4.53. The van der Waals surface area contributed by atoms with E-state index in [0.29, 0.717) is 0 Å². The van der Waals surface area contributed by atoms with Gasteiger partial charge in [0.2, 0.25) is 0 Å². The molecule has 16 heavy (non-hydrogen) atoms. The standard InChI is InChI=1S/C16H30/c1-3-5-6-7-14-8-11-16(10-4-2)12-9-15(14)13-16/h14-15H,3-13H2,1-2H3. The molecule has 94 valence electrons. The summed E-state index contributed by atoms with van der Waals surface area (Å²) in [5.74, 6) is 2.23. The zero-order chi connectivity index (χ0) is 11.4. The Bertz CT molecular complexity index is 208. The quantitative estimate of drug-likeness (QED) is 0.516. The lowest BCUT2D eigenvalue weighted by Gasteiger charge is -2.37. The van der Waals surface area contributed by atoms with E-state index in [2.05, 4.69) is 13.8 Å². The molecule has 2 aliphatic carbocycles. The Morgan fingerprint density at radius 3 is 2.56 bits per heavy atom. The van der Waals surface area contributed by atoms with Crippen molar-refractivity contribution in [2.75, 3.05) is 0 Å². The molecule has 0 aliphatic heterocycles. The molecular formula is C16H30. The highest BCUT2D eigenvalue weighted by Gasteiger charge is 2.44. The third kappa shape index (κ3) is 2.63. The summed E-state index contributed by atoms with van der Waals surface area (Å²) in [4.78, 5) is 0. The molecule has 0 spiro atoms. The van der Waals surface area contributed by atoms with Crippen molar-refractivity contribution >= 4 is 0 Å². The second kappa shape index (κ2) is 5.56. The van der Waals surface area contributed by atoms with E-state index in [1.165, 1.54) is 32.1 Å². The van der Waals surface area contributed by atoms with Crippen molar-refractivity contribution in [2.24, 2.45) is 17.3 Å². The molecule has 2 aliphatic rings. The summed E-state index contributed by atoms with van der Waals surface area (Å²) in [6.07, 6.45) is 16.7. The first kappa shape index (κ1) is 12.5. The maximum atomic E-state index is 2.37. The van der Waals surface area contributed by atoms with Gasteiger partial charge in [0.25, 0.3) is 0 Å². The van der Waals surface area contributed by atoms with Crippen LogP contribution in [0.3, 0.4) is 0 Å². The first-order chi connectivity index (χ1) is 7.79. The molecular weight excluding hydrogens is 192 g/mol. The number of fused-ring (bicyclic) bond motifs is 2. The Balaban J connectivity index is 1.80. The van der Waals surface area contributed by atoms with Crippen LogP contribution in [0, 0.1) is 17.3 Å². The van der Waals surface area contributed by atoms with Crippen LogP contribution in [-0.4, -0.2) is 0 Å². The van der Waals surface area contributed by atoms with Crippen molar-refractivity contribution < 1.29 is 0 Å². The smallest absolute Gasteiger partial charge is 0.0295 e. The fraction of sp³-hybridized carbons (Fsp3) is 1.00.